The number of aliphatic hydroxyl groups excluding tert-OH is 1. The normalized spacial score (nSPS) is 17.6. The number of nitrogens with zero attached hydrogens (tertiary/aromatic N) is 4. The van der Waals surface area contributed by atoms with Crippen molar-refractivity contribution in [3.63, 3.8) is 0 Å². The molecule has 7 nitrogen and oxygen atoms in total. The van der Waals surface area contributed by atoms with Gasteiger partial charge in [-0.25, -0.2) is 14.1 Å². The first-order valence-corrected chi connectivity index (χ1v) is 8.94. The monoisotopic (exact) mass is 488 g/mol. The molecular weight excluding hydrogens is 462 g/mol. The summed E-state index contributed by atoms with van der Waals surface area (Å²) in [4.78, 5) is 8.89. The number of guanidine groups is 1. The molecule has 27 heavy (non-hydrogen) atoms. The molecule has 0 aliphatic carbocycles. The van der Waals surface area contributed by atoms with Gasteiger partial charge in [0.15, 0.2) is 5.96 Å². The predicted molar refractivity (Wildman–Crippen MR) is 113 cm³/mol. The number of aliphatic hydroxyl groups is 1. The summed E-state index contributed by atoms with van der Waals surface area (Å²) in [6, 6.07) is 6.03. The van der Waals surface area contributed by atoms with Crippen LogP contribution >= 0.6 is 24.0 Å². The van der Waals surface area contributed by atoms with E-state index >= 15 is 0 Å². The Kier molecular flexibility index (Phi) is 7.96. The fourth-order valence-corrected chi connectivity index (χ4v) is 3.03. The molecule has 0 saturated carbocycles. The van der Waals surface area contributed by atoms with Crippen molar-refractivity contribution in [2.24, 2.45) is 4.99 Å². The van der Waals surface area contributed by atoms with Gasteiger partial charge < -0.3 is 15.7 Å². The van der Waals surface area contributed by atoms with Gasteiger partial charge in [-0.1, -0.05) is 12.1 Å². The molecule has 1 aromatic carbocycles. The zero-order valence-electron chi connectivity index (χ0n) is 15.5. The highest BCUT2D eigenvalue weighted by Gasteiger charge is 2.21. The lowest BCUT2D eigenvalue weighted by atomic mass is 10.1. The van der Waals surface area contributed by atoms with Crippen molar-refractivity contribution in [2.45, 2.75) is 45.4 Å². The average Bonchev–Trinajstić information content (AvgIpc) is 2.99. The molecule has 1 aliphatic rings. The van der Waals surface area contributed by atoms with Gasteiger partial charge >= 0.3 is 0 Å². The molecule has 1 aliphatic heterocycles. The first-order valence-electron chi connectivity index (χ1n) is 8.94. The number of benzene rings is 1. The molecule has 2 aromatic rings. The number of nitrogens with one attached hydrogen (secondary N) is 2. The number of aryl methyl sites for hydroxylation is 2. The smallest absolute Gasteiger partial charge is 0.191 e. The van der Waals surface area contributed by atoms with E-state index in [1.807, 2.05) is 18.5 Å². The average molecular weight is 488 g/mol. The summed E-state index contributed by atoms with van der Waals surface area (Å²) in [6.45, 7) is 5.55. The van der Waals surface area contributed by atoms with Crippen LogP contribution in [0.1, 0.15) is 36.7 Å². The van der Waals surface area contributed by atoms with Crippen LogP contribution in [0, 0.1) is 12.7 Å². The van der Waals surface area contributed by atoms with Crippen molar-refractivity contribution in [3.8, 4) is 0 Å². The summed E-state index contributed by atoms with van der Waals surface area (Å²) in [6.07, 6.45) is 1.04. The van der Waals surface area contributed by atoms with E-state index in [1.165, 1.54) is 12.1 Å². The number of hydrogen-bond donors (Lipinski definition) is 3. The third-order valence-electron chi connectivity index (χ3n) is 4.33. The van der Waals surface area contributed by atoms with Crippen LogP contribution in [0.15, 0.2) is 29.3 Å². The molecule has 0 spiro atoms. The van der Waals surface area contributed by atoms with Crippen molar-refractivity contribution in [2.75, 3.05) is 13.1 Å². The SMILES string of the molecule is CCNC(=NCC(O)c1ccc(F)cc1)NC1CCc2nc(C)nn2C1.I. The number of rotatable bonds is 5. The van der Waals surface area contributed by atoms with Crippen LogP contribution in [-0.2, 0) is 13.0 Å². The minimum Gasteiger partial charge on any atom is -0.386 e. The van der Waals surface area contributed by atoms with Gasteiger partial charge in [0.05, 0.1) is 19.2 Å². The second kappa shape index (κ2) is 9.98. The standard InChI is InChI=1S/C18H25FN6O.HI/c1-3-20-18(21-10-16(26)13-4-6-14(19)7-5-13)23-15-8-9-17-22-12(2)24-25(17)11-15;/h4-7,15-16,26H,3,8-11H2,1-2H3,(H2,20,21,23);1H. The van der Waals surface area contributed by atoms with E-state index in [4.69, 9.17) is 0 Å². The third kappa shape index (κ3) is 5.86. The predicted octanol–water partition coefficient (Wildman–Crippen LogP) is 1.95. The summed E-state index contributed by atoms with van der Waals surface area (Å²) in [5.41, 5.74) is 0.645. The van der Waals surface area contributed by atoms with Crippen LogP contribution in [-0.4, -0.2) is 45.0 Å². The summed E-state index contributed by atoms with van der Waals surface area (Å²) >= 11 is 0. The van der Waals surface area contributed by atoms with Gasteiger partial charge in [-0.15, -0.1) is 24.0 Å². The number of aromatic nitrogens is 3. The minimum absolute atomic E-state index is 0. The molecule has 148 valence electrons. The van der Waals surface area contributed by atoms with Crippen LogP contribution in [0.25, 0.3) is 0 Å². The van der Waals surface area contributed by atoms with Gasteiger partial charge in [-0.05, 0) is 38.0 Å². The fourth-order valence-electron chi connectivity index (χ4n) is 3.03. The Hall–Kier alpha value is -1.75. The molecular formula is C18H26FIN6O. The van der Waals surface area contributed by atoms with E-state index in [2.05, 4.69) is 25.7 Å². The lowest BCUT2D eigenvalue weighted by molar-refractivity contribution is 0.187. The van der Waals surface area contributed by atoms with Gasteiger partial charge in [0, 0.05) is 19.0 Å². The Morgan fingerprint density at radius 1 is 1.41 bits per heavy atom. The van der Waals surface area contributed by atoms with Gasteiger partial charge in [-0.2, -0.15) is 5.10 Å². The lowest BCUT2D eigenvalue weighted by Gasteiger charge is -2.25. The summed E-state index contributed by atoms with van der Waals surface area (Å²) < 4.78 is 14.9. The quantitative estimate of drug-likeness (QED) is 0.340. The fraction of sp³-hybridized carbons (Fsp3) is 0.500. The zero-order valence-corrected chi connectivity index (χ0v) is 17.9. The maximum absolute atomic E-state index is 13.0. The summed E-state index contributed by atoms with van der Waals surface area (Å²) in [5.74, 6) is 2.15. The van der Waals surface area contributed by atoms with Crippen LogP contribution in [0.4, 0.5) is 4.39 Å². The van der Waals surface area contributed by atoms with E-state index in [0.29, 0.717) is 11.5 Å². The highest BCUT2D eigenvalue weighted by Crippen LogP contribution is 2.15. The Bertz CT molecular complexity index is 764. The maximum Gasteiger partial charge on any atom is 0.191 e. The second-order valence-electron chi connectivity index (χ2n) is 6.42. The molecule has 1 aromatic heterocycles. The first-order chi connectivity index (χ1) is 12.5. The van der Waals surface area contributed by atoms with Crippen LogP contribution < -0.4 is 10.6 Å². The van der Waals surface area contributed by atoms with E-state index in [0.717, 1.165) is 37.6 Å². The Balaban J connectivity index is 0.00000261. The van der Waals surface area contributed by atoms with Gasteiger partial charge in [0.1, 0.15) is 17.5 Å². The van der Waals surface area contributed by atoms with Crippen molar-refractivity contribution in [1.82, 2.24) is 25.4 Å². The lowest BCUT2D eigenvalue weighted by Crippen LogP contribution is -2.47. The zero-order chi connectivity index (χ0) is 18.5. The molecule has 2 heterocycles. The van der Waals surface area contributed by atoms with Crippen molar-refractivity contribution in [1.29, 1.82) is 0 Å². The van der Waals surface area contributed by atoms with Gasteiger partial charge in [0.2, 0.25) is 0 Å². The molecule has 0 radical (unpaired) electrons. The molecule has 2 atom stereocenters. The molecule has 9 heteroatoms. The summed E-state index contributed by atoms with van der Waals surface area (Å²) in [5, 5.41) is 21.3. The molecule has 3 N–H and O–H groups in total. The first kappa shape index (κ1) is 21.5. The molecule has 0 fully saturated rings. The topological polar surface area (TPSA) is 87.4 Å². The van der Waals surface area contributed by atoms with E-state index in [-0.39, 0.29) is 42.4 Å². The molecule has 0 bridgehead atoms. The number of hydrogen-bond acceptors (Lipinski definition) is 4. The highest BCUT2D eigenvalue weighted by molar-refractivity contribution is 14.0. The van der Waals surface area contributed by atoms with Crippen molar-refractivity contribution >= 4 is 29.9 Å². The van der Waals surface area contributed by atoms with Gasteiger partial charge in [-0.3, -0.25) is 4.99 Å². The van der Waals surface area contributed by atoms with E-state index in [1.54, 1.807) is 12.1 Å². The van der Waals surface area contributed by atoms with Crippen LogP contribution in [0.2, 0.25) is 0 Å². The Labute approximate surface area is 175 Å². The largest absolute Gasteiger partial charge is 0.386 e. The summed E-state index contributed by atoms with van der Waals surface area (Å²) in [7, 11) is 0. The Morgan fingerprint density at radius 2 is 2.15 bits per heavy atom. The number of aliphatic imine (C=N–C) groups is 1. The molecule has 0 saturated heterocycles. The van der Waals surface area contributed by atoms with Crippen LogP contribution in [0.3, 0.4) is 0 Å². The molecule has 3 rings (SSSR count). The second-order valence-corrected chi connectivity index (χ2v) is 6.42. The highest BCUT2D eigenvalue weighted by atomic mass is 127. The Morgan fingerprint density at radius 3 is 2.85 bits per heavy atom. The maximum atomic E-state index is 13.0. The van der Waals surface area contributed by atoms with E-state index < -0.39 is 6.10 Å². The molecule has 2 unspecified atom stereocenters. The van der Waals surface area contributed by atoms with Gasteiger partial charge in [0.25, 0.3) is 0 Å². The van der Waals surface area contributed by atoms with Crippen molar-refractivity contribution in [3.05, 3.63) is 47.3 Å². The number of fused-ring (bicyclic) bond motifs is 1. The van der Waals surface area contributed by atoms with Crippen molar-refractivity contribution < 1.29 is 9.50 Å². The van der Waals surface area contributed by atoms with E-state index in [9.17, 15) is 9.50 Å². The minimum atomic E-state index is -0.776. The van der Waals surface area contributed by atoms with Crippen LogP contribution in [0.5, 0.6) is 0 Å². The molecule has 0 amide bonds. The number of halogens is 2. The third-order valence-corrected chi connectivity index (χ3v) is 4.33.